The van der Waals surface area contributed by atoms with E-state index in [1.807, 2.05) is 96.5 Å². The molecule has 0 bridgehead atoms. The van der Waals surface area contributed by atoms with Gasteiger partial charge in [0.1, 0.15) is 14.1 Å². The van der Waals surface area contributed by atoms with Crippen molar-refractivity contribution in [1.82, 2.24) is 0 Å². The molecule has 0 N–H and O–H groups in total. The summed E-state index contributed by atoms with van der Waals surface area (Å²) in [5.41, 5.74) is 3.99. The highest BCUT2D eigenvalue weighted by Gasteiger charge is 1.93. The van der Waals surface area contributed by atoms with Gasteiger partial charge < -0.3 is 0 Å². The molecule has 0 unspecified atom stereocenters. The van der Waals surface area contributed by atoms with E-state index in [9.17, 15) is 0 Å². The zero-order valence-corrected chi connectivity index (χ0v) is 13.8. The van der Waals surface area contributed by atoms with Gasteiger partial charge >= 0.3 is 0 Å². The summed E-state index contributed by atoms with van der Waals surface area (Å²) in [6.07, 6.45) is 7.97. The highest BCUT2D eigenvalue weighted by Crippen LogP contribution is 2.03. The quantitative estimate of drug-likeness (QED) is 0.444. The van der Waals surface area contributed by atoms with E-state index in [0.29, 0.717) is 0 Å². The molecule has 0 aliphatic rings. The third kappa shape index (κ3) is 4.32. The average Bonchev–Trinajstić information content (AvgIpc) is 2.62. The first-order chi connectivity index (χ1) is 11.7. The Morgan fingerprint density at radius 2 is 0.708 bits per heavy atom. The summed E-state index contributed by atoms with van der Waals surface area (Å²) in [5.74, 6) is 12.7. The maximum atomic E-state index is 3.18. The van der Waals surface area contributed by atoms with Gasteiger partial charge in [0, 0.05) is 46.5 Å². The number of hydrogen-bond donors (Lipinski definition) is 0. The maximum absolute atomic E-state index is 3.18. The molecule has 0 atom stereocenters. The molecule has 0 aliphatic carbocycles. The predicted octanol–water partition coefficient (Wildman–Crippen LogP) is 2.14. The van der Waals surface area contributed by atoms with Gasteiger partial charge in [-0.2, -0.15) is 0 Å². The third-order valence-corrected chi connectivity index (χ3v) is 3.54. The largest absolute Gasteiger partial charge is 0.208 e. The molecule has 0 radical (unpaired) electrons. The molecular weight excluding hydrogens is 292 g/mol. The lowest BCUT2D eigenvalue weighted by Gasteiger charge is -1.92. The number of aromatic nitrogens is 2. The van der Waals surface area contributed by atoms with E-state index in [-0.39, 0.29) is 0 Å². The van der Waals surface area contributed by atoms with Crippen LogP contribution in [0.4, 0.5) is 0 Å². The molecule has 0 saturated carbocycles. The number of nitrogens with zero attached hydrogens (tertiary/aromatic N) is 2. The van der Waals surface area contributed by atoms with Crippen molar-refractivity contribution in [2.24, 2.45) is 14.1 Å². The van der Waals surface area contributed by atoms with Gasteiger partial charge in [0.05, 0.1) is 0 Å². The van der Waals surface area contributed by atoms with Crippen LogP contribution in [0, 0.1) is 23.7 Å². The molecule has 0 aliphatic heterocycles. The van der Waals surface area contributed by atoms with Crippen molar-refractivity contribution in [2.75, 3.05) is 0 Å². The lowest BCUT2D eigenvalue weighted by atomic mass is 10.1. The zero-order valence-electron chi connectivity index (χ0n) is 13.8. The Hall–Kier alpha value is -3.36. The maximum Gasteiger partial charge on any atom is 0.169 e. The van der Waals surface area contributed by atoms with E-state index < -0.39 is 0 Å². The van der Waals surface area contributed by atoms with E-state index in [1.165, 1.54) is 0 Å². The van der Waals surface area contributed by atoms with Crippen LogP contribution in [0.25, 0.3) is 0 Å². The second-order valence-corrected chi connectivity index (χ2v) is 5.58. The third-order valence-electron chi connectivity index (χ3n) is 3.54. The summed E-state index contributed by atoms with van der Waals surface area (Å²) in [4.78, 5) is 0. The van der Waals surface area contributed by atoms with Crippen LogP contribution in [0.1, 0.15) is 22.3 Å². The van der Waals surface area contributed by atoms with Crippen LogP contribution < -0.4 is 9.13 Å². The fraction of sp³-hybridized carbons (Fsp3) is 0.0909. The summed E-state index contributed by atoms with van der Waals surface area (Å²) >= 11 is 0. The molecule has 2 aromatic heterocycles. The molecule has 3 rings (SSSR count). The van der Waals surface area contributed by atoms with Crippen molar-refractivity contribution in [3.63, 3.8) is 0 Å². The first kappa shape index (κ1) is 15.5. The molecule has 3 aromatic rings. The Kier molecular flexibility index (Phi) is 4.70. The Labute approximate surface area is 143 Å². The Balaban J connectivity index is 1.72. The van der Waals surface area contributed by atoms with Crippen LogP contribution >= 0.6 is 0 Å². The highest BCUT2D eigenvalue weighted by atomic mass is 14.9. The number of aryl methyl sites for hydroxylation is 2. The minimum Gasteiger partial charge on any atom is -0.208 e. The second kappa shape index (κ2) is 7.27. The van der Waals surface area contributed by atoms with Gasteiger partial charge in [0.25, 0.3) is 0 Å². The molecule has 0 fully saturated rings. The molecule has 0 saturated heterocycles. The van der Waals surface area contributed by atoms with E-state index in [2.05, 4.69) is 23.7 Å². The fourth-order valence-electron chi connectivity index (χ4n) is 2.09. The minimum atomic E-state index is 0.987. The molecule has 2 nitrogen and oxygen atoms in total. The van der Waals surface area contributed by atoms with Gasteiger partial charge in [-0.05, 0) is 24.3 Å². The predicted molar refractivity (Wildman–Crippen MR) is 93.6 cm³/mol. The van der Waals surface area contributed by atoms with Crippen LogP contribution in [0.2, 0.25) is 0 Å². The van der Waals surface area contributed by atoms with Crippen LogP contribution in [-0.4, -0.2) is 0 Å². The summed E-state index contributed by atoms with van der Waals surface area (Å²) in [6, 6.07) is 16.0. The molecule has 24 heavy (non-hydrogen) atoms. The van der Waals surface area contributed by atoms with Crippen molar-refractivity contribution in [2.45, 2.75) is 0 Å². The topological polar surface area (TPSA) is 7.76 Å². The summed E-state index contributed by atoms with van der Waals surface area (Å²) < 4.78 is 3.98. The smallest absolute Gasteiger partial charge is 0.169 e. The van der Waals surface area contributed by atoms with Gasteiger partial charge in [-0.3, -0.25) is 0 Å². The zero-order chi connectivity index (χ0) is 16.8. The summed E-state index contributed by atoms with van der Waals surface area (Å²) in [7, 11) is 3.98. The van der Waals surface area contributed by atoms with Crippen molar-refractivity contribution in [1.29, 1.82) is 0 Å². The molecular formula is C22H18N2+2. The molecule has 0 spiro atoms. The van der Waals surface area contributed by atoms with E-state index in [1.54, 1.807) is 0 Å². The Bertz CT molecular complexity index is 861. The van der Waals surface area contributed by atoms with Gasteiger partial charge in [0.15, 0.2) is 24.8 Å². The standard InChI is InChI=1S/C22H18N2/c1-23-15-11-21(12-16-23)9-7-19-3-5-20(6-4-19)8-10-22-13-17-24(2)18-14-22/h3-6,11-18H,1-2H3/q+2. The first-order valence-electron chi connectivity index (χ1n) is 7.74. The SMILES string of the molecule is C[n+]1ccc(C#Cc2ccc(C#Cc3cc[n+](C)cc3)cc2)cc1. The van der Waals surface area contributed by atoms with Crippen molar-refractivity contribution < 1.29 is 9.13 Å². The van der Waals surface area contributed by atoms with E-state index in [4.69, 9.17) is 0 Å². The Morgan fingerprint density at radius 3 is 1.00 bits per heavy atom. The van der Waals surface area contributed by atoms with Crippen LogP contribution in [0.15, 0.2) is 73.3 Å². The monoisotopic (exact) mass is 310 g/mol. The first-order valence-corrected chi connectivity index (χ1v) is 7.74. The van der Waals surface area contributed by atoms with Crippen LogP contribution in [0.5, 0.6) is 0 Å². The van der Waals surface area contributed by atoms with Gasteiger partial charge in [-0.1, -0.05) is 23.7 Å². The molecule has 2 heterocycles. The van der Waals surface area contributed by atoms with E-state index >= 15 is 0 Å². The Morgan fingerprint density at radius 1 is 0.458 bits per heavy atom. The second-order valence-electron chi connectivity index (χ2n) is 5.58. The number of rotatable bonds is 0. The van der Waals surface area contributed by atoms with E-state index in [0.717, 1.165) is 22.3 Å². The lowest BCUT2D eigenvalue weighted by Crippen LogP contribution is -2.25. The van der Waals surface area contributed by atoms with Crippen LogP contribution in [-0.2, 0) is 14.1 Å². The number of benzene rings is 1. The number of pyridine rings is 2. The van der Waals surface area contributed by atoms with Gasteiger partial charge in [0.2, 0.25) is 0 Å². The summed E-state index contributed by atoms with van der Waals surface area (Å²) in [5, 5.41) is 0. The van der Waals surface area contributed by atoms with Crippen LogP contribution in [0.3, 0.4) is 0 Å². The minimum absolute atomic E-state index is 0.987. The fourth-order valence-corrected chi connectivity index (χ4v) is 2.09. The molecule has 1 aromatic carbocycles. The highest BCUT2D eigenvalue weighted by molar-refractivity contribution is 5.47. The van der Waals surface area contributed by atoms with Crippen molar-refractivity contribution in [3.8, 4) is 23.7 Å². The molecule has 0 amide bonds. The normalized spacial score (nSPS) is 9.42. The number of hydrogen-bond acceptors (Lipinski definition) is 0. The average molecular weight is 310 g/mol. The van der Waals surface area contributed by atoms with Crippen molar-refractivity contribution >= 4 is 0 Å². The summed E-state index contributed by atoms with van der Waals surface area (Å²) in [6.45, 7) is 0. The van der Waals surface area contributed by atoms with Crippen molar-refractivity contribution in [3.05, 3.63) is 95.6 Å². The molecule has 114 valence electrons. The molecule has 2 heteroatoms. The van der Waals surface area contributed by atoms with Gasteiger partial charge in [-0.15, -0.1) is 0 Å². The lowest BCUT2D eigenvalue weighted by molar-refractivity contribution is -0.671. The van der Waals surface area contributed by atoms with Gasteiger partial charge in [-0.25, -0.2) is 9.13 Å².